The largest absolute Gasteiger partial charge is 0.508 e. The van der Waals surface area contributed by atoms with E-state index in [4.69, 9.17) is 4.74 Å². The molecule has 1 heterocycles. The molecule has 0 aliphatic carbocycles. The molecule has 1 aromatic rings. The number of nitrogens with zero attached hydrogens (tertiary/aromatic N) is 1. The summed E-state index contributed by atoms with van der Waals surface area (Å²) >= 11 is 0. The van der Waals surface area contributed by atoms with Crippen molar-refractivity contribution in [3.63, 3.8) is 0 Å². The summed E-state index contributed by atoms with van der Waals surface area (Å²) in [5.41, 5.74) is 1.34. The maximum atomic E-state index is 12.1. The van der Waals surface area contributed by atoms with Gasteiger partial charge in [0.1, 0.15) is 11.4 Å². The van der Waals surface area contributed by atoms with Crippen LogP contribution in [-0.4, -0.2) is 23.3 Å². The predicted octanol–water partition coefficient (Wildman–Crippen LogP) is 3.08. The van der Waals surface area contributed by atoms with E-state index < -0.39 is 5.60 Å². The van der Waals surface area contributed by atoms with Gasteiger partial charge in [-0.2, -0.15) is 0 Å². The Kier molecular flexibility index (Phi) is 3.20. The van der Waals surface area contributed by atoms with Gasteiger partial charge in [-0.1, -0.05) is 0 Å². The molecule has 0 saturated heterocycles. The summed E-state index contributed by atoms with van der Waals surface area (Å²) in [6.07, 6.45) is 1.44. The third-order valence-electron chi connectivity index (χ3n) is 2.80. The Hall–Kier alpha value is -1.71. The first-order valence-corrected chi connectivity index (χ1v) is 6.19. The summed E-state index contributed by atoms with van der Waals surface area (Å²) in [6.45, 7) is 6.22. The third kappa shape index (κ3) is 2.75. The van der Waals surface area contributed by atoms with Crippen molar-refractivity contribution in [2.75, 3.05) is 11.4 Å². The van der Waals surface area contributed by atoms with Crippen molar-refractivity contribution in [3.05, 3.63) is 23.8 Å². The summed E-state index contributed by atoms with van der Waals surface area (Å²) in [4.78, 5) is 13.7. The number of fused-ring (bicyclic) bond motifs is 1. The van der Waals surface area contributed by atoms with Crippen molar-refractivity contribution in [1.29, 1.82) is 0 Å². The van der Waals surface area contributed by atoms with Gasteiger partial charge in [0.05, 0.1) is 5.69 Å². The third-order valence-corrected chi connectivity index (χ3v) is 2.80. The predicted molar refractivity (Wildman–Crippen MR) is 70.0 cm³/mol. The highest BCUT2D eigenvalue weighted by atomic mass is 16.6. The number of rotatable bonds is 0. The summed E-state index contributed by atoms with van der Waals surface area (Å²) < 4.78 is 5.39. The highest BCUT2D eigenvalue weighted by molar-refractivity contribution is 5.89. The average Bonchev–Trinajstić information content (AvgIpc) is 2.25. The zero-order valence-corrected chi connectivity index (χ0v) is 11.1. The van der Waals surface area contributed by atoms with Crippen LogP contribution in [0.2, 0.25) is 0 Å². The van der Waals surface area contributed by atoms with Crippen molar-refractivity contribution < 1.29 is 14.6 Å². The van der Waals surface area contributed by atoms with Crippen LogP contribution >= 0.6 is 0 Å². The topological polar surface area (TPSA) is 49.8 Å². The van der Waals surface area contributed by atoms with Crippen LogP contribution < -0.4 is 4.90 Å². The van der Waals surface area contributed by atoms with Crippen LogP contribution in [0.25, 0.3) is 0 Å². The first kappa shape index (κ1) is 12.7. The number of hydrogen-bond acceptors (Lipinski definition) is 3. The van der Waals surface area contributed by atoms with Gasteiger partial charge in [0.15, 0.2) is 0 Å². The van der Waals surface area contributed by atoms with Gasteiger partial charge >= 0.3 is 6.09 Å². The monoisotopic (exact) mass is 249 g/mol. The Bertz CT molecular complexity index is 463. The zero-order chi connectivity index (χ0) is 13.3. The Balaban J connectivity index is 2.25. The van der Waals surface area contributed by atoms with E-state index in [-0.39, 0.29) is 11.8 Å². The second-order valence-electron chi connectivity index (χ2n) is 5.55. The van der Waals surface area contributed by atoms with Crippen LogP contribution in [0.15, 0.2) is 18.2 Å². The number of benzene rings is 1. The molecule has 1 N–H and O–H groups in total. The molecule has 4 heteroatoms. The first-order valence-electron chi connectivity index (χ1n) is 6.19. The van der Waals surface area contributed by atoms with Crippen LogP contribution in [0.3, 0.4) is 0 Å². The molecule has 0 atom stereocenters. The van der Waals surface area contributed by atoms with Crippen molar-refractivity contribution in [1.82, 2.24) is 0 Å². The van der Waals surface area contributed by atoms with Crippen molar-refractivity contribution in [2.45, 2.75) is 39.2 Å². The lowest BCUT2D eigenvalue weighted by atomic mass is 10.0. The van der Waals surface area contributed by atoms with E-state index in [1.54, 1.807) is 23.1 Å². The van der Waals surface area contributed by atoms with Gasteiger partial charge in [0.2, 0.25) is 0 Å². The van der Waals surface area contributed by atoms with Crippen molar-refractivity contribution in [2.24, 2.45) is 0 Å². The molecule has 0 radical (unpaired) electrons. The molecule has 0 fully saturated rings. The number of phenolic OH excluding ortho intramolecular Hbond substituents is 1. The number of amides is 1. The van der Waals surface area contributed by atoms with E-state index in [9.17, 15) is 9.90 Å². The Morgan fingerprint density at radius 1 is 1.39 bits per heavy atom. The standard InChI is InChI=1S/C14H19NO3/c1-14(2,3)18-13(17)15-8-4-5-10-9-11(16)6-7-12(10)15/h6-7,9,16H,4-5,8H2,1-3H3. The fourth-order valence-corrected chi connectivity index (χ4v) is 2.09. The maximum Gasteiger partial charge on any atom is 0.414 e. The Labute approximate surface area is 107 Å². The van der Waals surface area contributed by atoms with Gasteiger partial charge in [-0.05, 0) is 57.4 Å². The Morgan fingerprint density at radius 2 is 2.11 bits per heavy atom. The van der Waals surface area contributed by atoms with Gasteiger partial charge in [0.25, 0.3) is 0 Å². The molecule has 0 bridgehead atoms. The van der Waals surface area contributed by atoms with E-state index in [1.807, 2.05) is 20.8 Å². The maximum absolute atomic E-state index is 12.1. The lowest BCUT2D eigenvalue weighted by molar-refractivity contribution is 0.0578. The molecule has 0 saturated carbocycles. The van der Waals surface area contributed by atoms with Crippen molar-refractivity contribution >= 4 is 11.8 Å². The van der Waals surface area contributed by atoms with Crippen LogP contribution in [-0.2, 0) is 11.2 Å². The lowest BCUT2D eigenvalue weighted by Crippen LogP contribution is -2.39. The first-order chi connectivity index (χ1) is 8.37. The number of carbonyl (C=O) groups is 1. The molecule has 1 aliphatic rings. The minimum Gasteiger partial charge on any atom is -0.508 e. The fourth-order valence-electron chi connectivity index (χ4n) is 2.09. The minimum absolute atomic E-state index is 0.236. The second-order valence-corrected chi connectivity index (χ2v) is 5.55. The van der Waals surface area contributed by atoms with E-state index in [1.165, 1.54) is 0 Å². The van der Waals surface area contributed by atoms with E-state index >= 15 is 0 Å². The molecule has 4 nitrogen and oxygen atoms in total. The van der Waals surface area contributed by atoms with E-state index in [0.717, 1.165) is 24.1 Å². The van der Waals surface area contributed by atoms with Gasteiger partial charge < -0.3 is 9.84 Å². The summed E-state index contributed by atoms with van der Waals surface area (Å²) in [5, 5.41) is 9.46. The van der Waals surface area contributed by atoms with Gasteiger partial charge in [-0.15, -0.1) is 0 Å². The average molecular weight is 249 g/mol. The summed E-state index contributed by atoms with van der Waals surface area (Å²) in [6, 6.07) is 5.08. The zero-order valence-electron chi connectivity index (χ0n) is 11.1. The molecule has 1 aliphatic heterocycles. The number of hydrogen-bond donors (Lipinski definition) is 1. The van der Waals surface area contributed by atoms with Crippen molar-refractivity contribution in [3.8, 4) is 5.75 Å². The molecule has 1 aromatic carbocycles. The molecular weight excluding hydrogens is 230 g/mol. The quantitative estimate of drug-likeness (QED) is 0.768. The highest BCUT2D eigenvalue weighted by Crippen LogP contribution is 2.31. The molecule has 0 unspecified atom stereocenters. The normalized spacial score (nSPS) is 15.2. The van der Waals surface area contributed by atoms with Gasteiger partial charge in [-0.3, -0.25) is 4.90 Å². The number of ether oxygens (including phenoxy) is 1. The molecule has 0 aromatic heterocycles. The number of anilines is 1. The smallest absolute Gasteiger partial charge is 0.414 e. The van der Waals surface area contributed by atoms with E-state index in [0.29, 0.717) is 6.54 Å². The summed E-state index contributed by atoms with van der Waals surface area (Å²) in [5.74, 6) is 0.236. The number of carbonyl (C=O) groups excluding carboxylic acids is 1. The van der Waals surface area contributed by atoms with Crippen LogP contribution in [0.1, 0.15) is 32.8 Å². The number of aryl methyl sites for hydroxylation is 1. The number of aromatic hydroxyl groups is 1. The van der Waals surface area contributed by atoms with Crippen LogP contribution in [0.4, 0.5) is 10.5 Å². The minimum atomic E-state index is -0.494. The fraction of sp³-hybridized carbons (Fsp3) is 0.500. The molecular formula is C14H19NO3. The van der Waals surface area contributed by atoms with E-state index in [2.05, 4.69) is 0 Å². The van der Waals surface area contributed by atoms with Crippen LogP contribution in [0.5, 0.6) is 5.75 Å². The van der Waals surface area contributed by atoms with Crippen LogP contribution in [0, 0.1) is 0 Å². The molecule has 18 heavy (non-hydrogen) atoms. The molecule has 98 valence electrons. The SMILES string of the molecule is CC(C)(C)OC(=O)N1CCCc2cc(O)ccc21. The molecule has 1 amide bonds. The second kappa shape index (κ2) is 4.52. The van der Waals surface area contributed by atoms with Gasteiger partial charge in [-0.25, -0.2) is 4.79 Å². The molecule has 0 spiro atoms. The lowest BCUT2D eigenvalue weighted by Gasteiger charge is -2.31. The number of phenols is 1. The van der Waals surface area contributed by atoms with Gasteiger partial charge in [0, 0.05) is 6.54 Å². The molecule has 2 rings (SSSR count). The summed E-state index contributed by atoms with van der Waals surface area (Å²) in [7, 11) is 0. The Morgan fingerprint density at radius 3 is 2.78 bits per heavy atom. The highest BCUT2D eigenvalue weighted by Gasteiger charge is 2.27.